The van der Waals surface area contributed by atoms with E-state index in [9.17, 15) is 27.6 Å². The normalized spacial score (nSPS) is 20.7. The van der Waals surface area contributed by atoms with Crippen LogP contribution in [0.5, 0.6) is 11.5 Å². The van der Waals surface area contributed by atoms with Crippen molar-refractivity contribution in [3.05, 3.63) is 95.1 Å². The smallest absolute Gasteiger partial charge is 0.408 e. The molecule has 3 N–H and O–H groups in total. The molecule has 1 aliphatic carbocycles. The molecule has 14 nitrogen and oxygen atoms in total. The van der Waals surface area contributed by atoms with Crippen LogP contribution in [0.1, 0.15) is 54.4 Å². The van der Waals surface area contributed by atoms with Crippen molar-refractivity contribution in [2.45, 2.75) is 88.6 Å². The number of carbonyl (C=O) groups is 4. The van der Waals surface area contributed by atoms with Gasteiger partial charge in [0.1, 0.15) is 45.7 Å². The molecule has 1 aromatic heterocycles. The Morgan fingerprint density at radius 1 is 0.983 bits per heavy atom. The van der Waals surface area contributed by atoms with Crippen LogP contribution in [0.4, 0.5) is 4.79 Å². The number of nitrogens with zero attached hydrogens (tertiary/aromatic N) is 2. The Hall–Kier alpha value is -5.23. The molecule has 60 heavy (non-hydrogen) atoms. The number of benzene rings is 3. The molecule has 318 valence electrons. The molecule has 1 saturated heterocycles. The van der Waals surface area contributed by atoms with Crippen LogP contribution >= 0.6 is 22.6 Å². The summed E-state index contributed by atoms with van der Waals surface area (Å²) in [5.74, 6) is -1.78. The SMILES string of the molecule is C=C[C@@H]1C[C@]1(NC(=O)[C@@H]1C[C@@H](Oc2cc(-c3ccccc3)nc3cc(OC)ccc23)CN1C(=O)[C@@H](NC(=O)OC(C)(C)C)C(C)(C)C)C(=O)NS(=O)(=O)c1ccccc1I. The molecule has 1 aliphatic heterocycles. The Kier molecular flexibility index (Phi) is 12.6. The lowest BCUT2D eigenvalue weighted by molar-refractivity contribution is -0.143. The van der Waals surface area contributed by atoms with Crippen LogP contribution in [0, 0.1) is 14.9 Å². The number of rotatable bonds is 12. The Labute approximate surface area is 364 Å². The number of carbonyl (C=O) groups excluding carboxylic acids is 4. The molecular weight excluding hydrogens is 901 g/mol. The first-order valence-corrected chi connectivity index (χ1v) is 22.0. The zero-order valence-corrected chi connectivity index (χ0v) is 37.5. The number of hydrogen-bond donors (Lipinski definition) is 3. The van der Waals surface area contributed by atoms with Gasteiger partial charge in [0.2, 0.25) is 11.8 Å². The minimum atomic E-state index is -4.33. The highest BCUT2D eigenvalue weighted by Crippen LogP contribution is 2.45. The monoisotopic (exact) mass is 951 g/mol. The molecule has 4 aromatic rings. The Morgan fingerprint density at radius 3 is 2.28 bits per heavy atom. The van der Waals surface area contributed by atoms with E-state index in [-0.39, 0.29) is 24.3 Å². The molecule has 16 heteroatoms. The van der Waals surface area contributed by atoms with E-state index >= 15 is 0 Å². The van der Waals surface area contributed by atoms with Gasteiger partial charge in [-0.25, -0.2) is 22.9 Å². The van der Waals surface area contributed by atoms with Crippen molar-refractivity contribution in [3.63, 3.8) is 0 Å². The number of nitrogens with one attached hydrogen (secondary N) is 3. The van der Waals surface area contributed by atoms with E-state index in [1.807, 2.05) is 59.0 Å². The maximum absolute atomic E-state index is 14.8. The molecule has 0 unspecified atom stereocenters. The summed E-state index contributed by atoms with van der Waals surface area (Å²) in [7, 11) is -2.77. The predicted molar refractivity (Wildman–Crippen MR) is 235 cm³/mol. The fourth-order valence-electron chi connectivity index (χ4n) is 7.22. The number of aromatic nitrogens is 1. The zero-order chi connectivity index (χ0) is 43.8. The highest BCUT2D eigenvalue weighted by atomic mass is 127. The second-order valence-corrected chi connectivity index (χ2v) is 19.9. The molecular formula is C44H50IN5O9S. The summed E-state index contributed by atoms with van der Waals surface area (Å²) in [4.78, 5) is 62.6. The van der Waals surface area contributed by atoms with Crippen molar-refractivity contribution in [1.82, 2.24) is 25.2 Å². The highest BCUT2D eigenvalue weighted by molar-refractivity contribution is 14.1. The number of alkyl carbamates (subject to hydrolysis) is 1. The van der Waals surface area contributed by atoms with Crippen LogP contribution < -0.4 is 24.8 Å². The van der Waals surface area contributed by atoms with E-state index in [0.717, 1.165) is 5.56 Å². The van der Waals surface area contributed by atoms with Gasteiger partial charge in [-0.2, -0.15) is 0 Å². The number of ether oxygens (including phenoxy) is 3. The second kappa shape index (κ2) is 17.0. The molecule has 1 saturated carbocycles. The second-order valence-electron chi connectivity index (χ2n) is 17.1. The average molecular weight is 952 g/mol. The van der Waals surface area contributed by atoms with Crippen LogP contribution in [0.2, 0.25) is 0 Å². The molecule has 2 heterocycles. The molecule has 0 spiro atoms. The molecule has 4 amide bonds. The number of amides is 4. The van der Waals surface area contributed by atoms with Crippen LogP contribution in [0.3, 0.4) is 0 Å². The lowest BCUT2D eigenvalue weighted by Crippen LogP contribution is -2.60. The van der Waals surface area contributed by atoms with Gasteiger partial charge in [-0.15, -0.1) is 6.58 Å². The minimum Gasteiger partial charge on any atom is -0.497 e. The van der Waals surface area contributed by atoms with Gasteiger partial charge in [-0.05, 0) is 79.5 Å². The lowest BCUT2D eigenvalue weighted by atomic mass is 9.85. The van der Waals surface area contributed by atoms with Crippen molar-refractivity contribution >= 4 is 67.3 Å². The molecule has 0 radical (unpaired) electrons. The summed E-state index contributed by atoms with van der Waals surface area (Å²) in [6.07, 6.45) is -0.0274. The van der Waals surface area contributed by atoms with Gasteiger partial charge in [0.15, 0.2) is 0 Å². The van der Waals surface area contributed by atoms with Gasteiger partial charge >= 0.3 is 6.09 Å². The largest absolute Gasteiger partial charge is 0.497 e. The third kappa shape index (κ3) is 9.70. The quantitative estimate of drug-likeness (QED) is 0.107. The maximum Gasteiger partial charge on any atom is 0.408 e. The molecule has 3 aromatic carbocycles. The average Bonchev–Trinajstić information content (AvgIpc) is 3.74. The number of sulfonamides is 1. The highest BCUT2D eigenvalue weighted by Gasteiger charge is 2.61. The summed E-state index contributed by atoms with van der Waals surface area (Å²) in [6.45, 7) is 14.2. The van der Waals surface area contributed by atoms with Crippen molar-refractivity contribution in [1.29, 1.82) is 0 Å². The van der Waals surface area contributed by atoms with Crippen molar-refractivity contribution < 1.29 is 41.8 Å². The summed E-state index contributed by atoms with van der Waals surface area (Å²) >= 11 is 1.87. The first-order chi connectivity index (χ1) is 28.2. The standard InChI is InChI=1S/C44H50IN5O9S/c1-9-27-24-44(27,40(53)49-60(55,56)36-18-14-13-17-31(36)45)48-38(51)34-22-29(25-50(34)39(52)37(42(2,3)4)47-41(54)59-43(5,6)7)58-35-23-32(26-15-11-10-12-16-26)46-33-21-28(57-8)19-20-30(33)35/h9-21,23,27,29,34,37H,1,22,24-25H2,2-8H3,(H,47,54)(H,48,51)(H,49,53)/t27-,29-,34+,37-,44-/m1/s1. The van der Waals surface area contributed by atoms with E-state index < -0.39 is 74.5 Å². The first-order valence-electron chi connectivity index (χ1n) is 19.4. The van der Waals surface area contributed by atoms with Crippen LogP contribution in [-0.4, -0.2) is 85.1 Å². The summed E-state index contributed by atoms with van der Waals surface area (Å²) in [6, 6.07) is 20.6. The van der Waals surface area contributed by atoms with Gasteiger partial charge in [-0.3, -0.25) is 14.4 Å². The molecule has 2 fully saturated rings. The number of pyridine rings is 1. The fourth-order valence-corrected chi connectivity index (χ4v) is 9.60. The Bertz CT molecular complexity index is 2430. The minimum absolute atomic E-state index is 0.0154. The molecule has 0 bridgehead atoms. The van der Waals surface area contributed by atoms with E-state index in [4.69, 9.17) is 19.2 Å². The summed E-state index contributed by atoms with van der Waals surface area (Å²) in [5.41, 5.74) is -1.32. The van der Waals surface area contributed by atoms with Crippen LogP contribution in [0.25, 0.3) is 22.2 Å². The lowest BCUT2D eigenvalue weighted by Gasteiger charge is -2.36. The summed E-state index contributed by atoms with van der Waals surface area (Å²) in [5, 5.41) is 6.21. The van der Waals surface area contributed by atoms with Crippen molar-refractivity contribution in [2.24, 2.45) is 11.3 Å². The topological polar surface area (TPSA) is 182 Å². The Balaban J connectivity index is 1.35. The number of methoxy groups -OCH3 is 1. The third-order valence-corrected chi connectivity index (χ3v) is 13.1. The maximum atomic E-state index is 14.8. The van der Waals surface area contributed by atoms with Gasteiger partial charge in [-0.1, -0.05) is 69.3 Å². The van der Waals surface area contributed by atoms with E-state index in [1.165, 1.54) is 17.0 Å². The molecule has 5 atom stereocenters. The predicted octanol–water partition coefficient (Wildman–Crippen LogP) is 6.37. The van der Waals surface area contributed by atoms with Crippen LogP contribution in [-0.2, 0) is 29.1 Å². The van der Waals surface area contributed by atoms with Gasteiger partial charge in [0.25, 0.3) is 15.9 Å². The van der Waals surface area contributed by atoms with Crippen molar-refractivity contribution in [2.75, 3.05) is 13.7 Å². The van der Waals surface area contributed by atoms with Crippen molar-refractivity contribution in [3.8, 4) is 22.8 Å². The number of fused-ring (bicyclic) bond motifs is 1. The van der Waals surface area contributed by atoms with Gasteiger partial charge in [0, 0.05) is 39.0 Å². The number of likely N-dealkylation sites (tertiary alicyclic amines) is 1. The number of hydrogen-bond acceptors (Lipinski definition) is 10. The van der Waals surface area contributed by atoms with E-state index in [1.54, 1.807) is 85.1 Å². The molecule has 6 rings (SSSR count). The van der Waals surface area contributed by atoms with E-state index in [0.29, 0.717) is 31.7 Å². The van der Waals surface area contributed by atoms with Gasteiger partial charge in [0.05, 0.1) is 24.9 Å². The number of halogens is 1. The Morgan fingerprint density at radius 2 is 1.67 bits per heavy atom. The summed E-state index contributed by atoms with van der Waals surface area (Å²) < 4.78 is 47.1. The van der Waals surface area contributed by atoms with Gasteiger partial charge < -0.3 is 29.7 Å². The third-order valence-electron chi connectivity index (χ3n) is 10.4. The molecule has 2 aliphatic rings. The van der Waals surface area contributed by atoms with Crippen LogP contribution in [0.15, 0.2) is 96.4 Å². The zero-order valence-electron chi connectivity index (χ0n) is 34.6. The van der Waals surface area contributed by atoms with E-state index in [2.05, 4.69) is 21.9 Å². The first kappa shape index (κ1) is 44.3. The fraction of sp³-hybridized carbons (Fsp3) is 0.386.